The Bertz CT molecular complexity index is 918. The highest BCUT2D eigenvalue weighted by atomic mass is 16.5. The van der Waals surface area contributed by atoms with Crippen molar-refractivity contribution < 1.29 is 35.1 Å². The van der Waals surface area contributed by atoms with Crippen LogP contribution in [0.3, 0.4) is 0 Å². The first-order chi connectivity index (χ1) is 13.2. The smallest absolute Gasteiger partial charge is 0.202 e. The van der Waals surface area contributed by atoms with Crippen LogP contribution in [0.5, 0.6) is 17.2 Å². The van der Waals surface area contributed by atoms with E-state index in [1.54, 1.807) is 37.3 Å². The molecule has 0 aliphatic carbocycles. The second-order valence-electron chi connectivity index (χ2n) is 6.84. The van der Waals surface area contributed by atoms with Gasteiger partial charge in [0, 0.05) is 6.07 Å². The van der Waals surface area contributed by atoms with Crippen LogP contribution < -0.4 is 4.74 Å². The number of fused-ring (bicyclic) bond motifs is 1. The average molecular weight is 386 g/mol. The molecule has 28 heavy (non-hydrogen) atoms. The molecule has 0 radical (unpaired) electrons. The maximum absolute atomic E-state index is 12.7. The first kappa shape index (κ1) is 19.9. The number of hydrogen-bond donors (Lipinski definition) is 5. The molecule has 0 bridgehead atoms. The van der Waals surface area contributed by atoms with Crippen molar-refractivity contribution in [3.63, 3.8) is 0 Å². The molecule has 2 aromatic rings. The molecule has 4 atom stereocenters. The standard InChI is InChI=1S/C21H22O7/c1-10(8-11(2)22)17(25)15-13(23)9-14(24)16-18(26)19(27)20(28-21(15)16)12-6-4-3-5-7-12/h3-9,11,17,19-20,22-25,27H,1-2H3/b10-8+. The van der Waals surface area contributed by atoms with Crippen LogP contribution in [0.1, 0.15) is 47.5 Å². The predicted molar refractivity (Wildman–Crippen MR) is 100 cm³/mol. The van der Waals surface area contributed by atoms with Crippen LogP contribution in [0.25, 0.3) is 0 Å². The number of ether oxygens (including phenoxy) is 1. The Morgan fingerprint density at radius 1 is 1.14 bits per heavy atom. The van der Waals surface area contributed by atoms with Gasteiger partial charge in [0.15, 0.2) is 12.2 Å². The molecule has 2 aromatic carbocycles. The minimum absolute atomic E-state index is 0.122. The fourth-order valence-corrected chi connectivity index (χ4v) is 3.34. The fraction of sp³-hybridized carbons (Fsp3) is 0.286. The van der Waals surface area contributed by atoms with Crippen molar-refractivity contribution in [2.45, 2.75) is 38.3 Å². The Balaban J connectivity index is 2.17. The SMILES string of the molecule is C/C(=C\C(C)O)C(O)c1c(O)cc(O)c2c1OC(c1ccccc1)C(O)C2=O. The quantitative estimate of drug-likeness (QED) is 0.509. The molecule has 7 heteroatoms. The van der Waals surface area contributed by atoms with E-state index in [1.807, 2.05) is 0 Å². The molecule has 148 valence electrons. The summed E-state index contributed by atoms with van der Waals surface area (Å²) in [6.07, 6.45) is -3.49. The van der Waals surface area contributed by atoms with Crippen LogP contribution >= 0.6 is 0 Å². The number of aliphatic hydroxyl groups excluding tert-OH is 3. The van der Waals surface area contributed by atoms with E-state index in [0.717, 1.165) is 6.07 Å². The third kappa shape index (κ3) is 3.47. The Morgan fingerprint density at radius 3 is 2.39 bits per heavy atom. The van der Waals surface area contributed by atoms with Gasteiger partial charge in [-0.2, -0.15) is 0 Å². The lowest BCUT2D eigenvalue weighted by Gasteiger charge is -2.32. The number of hydrogen-bond acceptors (Lipinski definition) is 7. The molecule has 1 aliphatic heterocycles. The van der Waals surface area contributed by atoms with E-state index in [2.05, 4.69) is 0 Å². The molecule has 0 aromatic heterocycles. The number of ketones is 1. The second-order valence-corrected chi connectivity index (χ2v) is 6.84. The summed E-state index contributed by atoms with van der Waals surface area (Å²) in [7, 11) is 0. The molecule has 7 nitrogen and oxygen atoms in total. The van der Waals surface area contributed by atoms with Gasteiger partial charge in [0.05, 0.1) is 11.7 Å². The molecule has 0 fully saturated rings. The summed E-state index contributed by atoms with van der Waals surface area (Å²) >= 11 is 0. The number of aliphatic hydroxyl groups is 3. The summed E-state index contributed by atoms with van der Waals surface area (Å²) in [4.78, 5) is 12.7. The highest BCUT2D eigenvalue weighted by Gasteiger charge is 2.41. The van der Waals surface area contributed by atoms with Gasteiger partial charge >= 0.3 is 0 Å². The molecular formula is C21H22O7. The number of phenols is 2. The van der Waals surface area contributed by atoms with Crippen molar-refractivity contribution in [1.82, 2.24) is 0 Å². The van der Waals surface area contributed by atoms with Gasteiger partial charge in [0.2, 0.25) is 5.78 Å². The maximum Gasteiger partial charge on any atom is 0.202 e. The van der Waals surface area contributed by atoms with E-state index < -0.39 is 41.7 Å². The van der Waals surface area contributed by atoms with Gasteiger partial charge < -0.3 is 30.3 Å². The van der Waals surface area contributed by atoms with Gasteiger partial charge in [-0.3, -0.25) is 4.79 Å². The highest BCUT2D eigenvalue weighted by Crippen LogP contribution is 2.48. The third-order valence-corrected chi connectivity index (χ3v) is 4.66. The molecule has 3 rings (SSSR count). The molecule has 5 N–H and O–H groups in total. The summed E-state index contributed by atoms with van der Waals surface area (Å²) in [6, 6.07) is 9.47. The van der Waals surface area contributed by atoms with E-state index in [4.69, 9.17) is 4.74 Å². The van der Waals surface area contributed by atoms with Crippen LogP contribution in [0.4, 0.5) is 0 Å². The number of benzene rings is 2. The van der Waals surface area contributed by atoms with Crippen LogP contribution in [-0.4, -0.2) is 43.5 Å². The zero-order chi connectivity index (χ0) is 20.6. The molecule has 1 heterocycles. The van der Waals surface area contributed by atoms with E-state index in [-0.39, 0.29) is 16.9 Å². The molecule has 0 saturated carbocycles. The largest absolute Gasteiger partial charge is 0.507 e. The van der Waals surface area contributed by atoms with Crippen molar-refractivity contribution in [3.8, 4) is 17.2 Å². The lowest BCUT2D eigenvalue weighted by Crippen LogP contribution is -2.37. The first-order valence-corrected chi connectivity index (χ1v) is 8.79. The Morgan fingerprint density at radius 2 is 1.79 bits per heavy atom. The normalized spacial score (nSPS) is 21.6. The Hall–Kier alpha value is -2.87. The number of rotatable bonds is 4. The van der Waals surface area contributed by atoms with E-state index in [0.29, 0.717) is 11.1 Å². The van der Waals surface area contributed by atoms with Crippen LogP contribution in [-0.2, 0) is 0 Å². The van der Waals surface area contributed by atoms with Gasteiger partial charge in [0.25, 0.3) is 0 Å². The summed E-state index contributed by atoms with van der Waals surface area (Å²) < 4.78 is 5.83. The third-order valence-electron chi connectivity index (χ3n) is 4.66. The monoisotopic (exact) mass is 386 g/mol. The van der Waals surface area contributed by atoms with Gasteiger partial charge in [-0.25, -0.2) is 0 Å². The zero-order valence-corrected chi connectivity index (χ0v) is 15.4. The minimum Gasteiger partial charge on any atom is -0.507 e. The molecule has 0 amide bonds. The number of aromatic hydroxyl groups is 2. The van der Waals surface area contributed by atoms with Gasteiger partial charge in [-0.05, 0) is 25.0 Å². The van der Waals surface area contributed by atoms with E-state index in [9.17, 15) is 30.3 Å². The zero-order valence-electron chi connectivity index (χ0n) is 15.4. The summed E-state index contributed by atoms with van der Waals surface area (Å²) in [6.45, 7) is 3.05. The van der Waals surface area contributed by atoms with Crippen LogP contribution in [0.15, 0.2) is 48.0 Å². The van der Waals surface area contributed by atoms with Crippen LogP contribution in [0.2, 0.25) is 0 Å². The van der Waals surface area contributed by atoms with E-state index in [1.165, 1.54) is 13.0 Å². The molecule has 0 saturated heterocycles. The molecule has 4 unspecified atom stereocenters. The number of carbonyl (C=O) groups is 1. The fourth-order valence-electron chi connectivity index (χ4n) is 3.34. The number of phenolic OH excluding ortho intramolecular Hbond substituents is 2. The molecule has 1 aliphatic rings. The Kier molecular flexibility index (Phi) is 5.42. The second kappa shape index (κ2) is 7.63. The van der Waals surface area contributed by atoms with Crippen molar-refractivity contribution >= 4 is 5.78 Å². The minimum atomic E-state index is -1.57. The summed E-state index contributed by atoms with van der Waals surface area (Å²) in [5.74, 6) is -2.01. The summed E-state index contributed by atoms with van der Waals surface area (Å²) in [5.41, 5.74) is 0.407. The van der Waals surface area contributed by atoms with Crippen molar-refractivity contribution in [2.75, 3.05) is 0 Å². The average Bonchev–Trinajstić information content (AvgIpc) is 2.64. The number of Topliss-reactive ketones (excluding diaryl/α,β-unsaturated/α-hetero) is 1. The number of carbonyl (C=O) groups excluding carboxylic acids is 1. The Labute approximate surface area is 161 Å². The van der Waals surface area contributed by atoms with Crippen molar-refractivity contribution in [2.24, 2.45) is 0 Å². The highest BCUT2D eigenvalue weighted by molar-refractivity contribution is 6.06. The first-order valence-electron chi connectivity index (χ1n) is 8.79. The topological polar surface area (TPSA) is 127 Å². The van der Waals surface area contributed by atoms with Gasteiger partial charge in [0.1, 0.15) is 28.9 Å². The van der Waals surface area contributed by atoms with Gasteiger partial charge in [-0.1, -0.05) is 36.4 Å². The van der Waals surface area contributed by atoms with Crippen molar-refractivity contribution in [1.29, 1.82) is 0 Å². The maximum atomic E-state index is 12.7. The molecular weight excluding hydrogens is 364 g/mol. The summed E-state index contributed by atoms with van der Waals surface area (Å²) in [5, 5.41) is 51.2. The lowest BCUT2D eigenvalue weighted by molar-refractivity contribution is 0.0195. The van der Waals surface area contributed by atoms with Crippen LogP contribution in [0, 0.1) is 0 Å². The predicted octanol–water partition coefficient (Wildman–Crippen LogP) is 2.14. The lowest BCUT2D eigenvalue weighted by atomic mass is 9.88. The van der Waals surface area contributed by atoms with Gasteiger partial charge in [-0.15, -0.1) is 0 Å². The van der Waals surface area contributed by atoms with Crippen molar-refractivity contribution in [3.05, 3.63) is 64.7 Å². The van der Waals surface area contributed by atoms with E-state index >= 15 is 0 Å². The molecule has 0 spiro atoms.